The van der Waals surface area contributed by atoms with Crippen LogP contribution in [0, 0.1) is 0 Å². The molecule has 1 unspecified atom stereocenters. The zero-order chi connectivity index (χ0) is 14.2. The molecule has 104 valence electrons. The lowest BCUT2D eigenvalue weighted by atomic mass is 9.77. The smallest absolute Gasteiger partial charge is 0.148 e. The Morgan fingerprint density at radius 2 is 1.76 bits per heavy atom. The third-order valence-electron chi connectivity index (χ3n) is 4.06. The number of nitrogens with zero attached hydrogens (tertiary/aromatic N) is 3. The van der Waals surface area contributed by atoms with Crippen molar-refractivity contribution in [2.75, 3.05) is 0 Å². The van der Waals surface area contributed by atoms with E-state index in [0.29, 0.717) is 11.2 Å². The minimum absolute atomic E-state index is 0.349. The SMILES string of the molecule is BrCc1nnc(C2Cc3ccccc32)n1-c1ccccc1. The number of aromatic nitrogens is 3. The lowest BCUT2D eigenvalue weighted by Gasteiger charge is -2.29. The van der Waals surface area contributed by atoms with E-state index in [2.05, 4.69) is 67.1 Å². The van der Waals surface area contributed by atoms with Crippen LogP contribution >= 0.6 is 15.9 Å². The molecule has 0 radical (unpaired) electrons. The summed E-state index contributed by atoms with van der Waals surface area (Å²) in [5.41, 5.74) is 3.92. The van der Waals surface area contributed by atoms with E-state index >= 15 is 0 Å². The minimum atomic E-state index is 0.349. The van der Waals surface area contributed by atoms with E-state index in [1.165, 1.54) is 11.1 Å². The Morgan fingerprint density at radius 3 is 2.52 bits per heavy atom. The molecule has 21 heavy (non-hydrogen) atoms. The molecule has 0 saturated heterocycles. The van der Waals surface area contributed by atoms with Gasteiger partial charge in [0.25, 0.3) is 0 Å². The number of benzene rings is 2. The number of para-hydroxylation sites is 1. The first-order chi connectivity index (χ1) is 10.4. The quantitative estimate of drug-likeness (QED) is 0.678. The third-order valence-corrected chi connectivity index (χ3v) is 4.56. The standard InChI is InChI=1S/C17H14BrN3/c18-11-16-19-20-17(21(16)13-7-2-1-3-8-13)15-10-12-6-4-5-9-14(12)15/h1-9,15H,10-11H2. The van der Waals surface area contributed by atoms with E-state index < -0.39 is 0 Å². The number of fused-ring (bicyclic) bond motifs is 1. The number of hydrogen-bond donors (Lipinski definition) is 0. The second kappa shape index (κ2) is 5.11. The fourth-order valence-electron chi connectivity index (χ4n) is 2.99. The molecule has 3 aromatic rings. The van der Waals surface area contributed by atoms with Crippen LogP contribution in [0.25, 0.3) is 5.69 Å². The van der Waals surface area contributed by atoms with Crippen LogP contribution in [0.4, 0.5) is 0 Å². The van der Waals surface area contributed by atoms with E-state index in [1.54, 1.807) is 0 Å². The molecule has 0 fully saturated rings. The fourth-order valence-corrected chi connectivity index (χ4v) is 3.35. The van der Waals surface area contributed by atoms with Crippen LogP contribution in [0.1, 0.15) is 28.7 Å². The van der Waals surface area contributed by atoms with Crippen molar-refractivity contribution in [2.24, 2.45) is 0 Å². The number of halogens is 1. The molecule has 0 aliphatic heterocycles. The highest BCUT2D eigenvalue weighted by atomic mass is 79.9. The highest BCUT2D eigenvalue weighted by Gasteiger charge is 2.32. The van der Waals surface area contributed by atoms with Crippen LogP contribution in [0.5, 0.6) is 0 Å². The Labute approximate surface area is 131 Å². The number of rotatable bonds is 3. The van der Waals surface area contributed by atoms with E-state index in [0.717, 1.165) is 23.8 Å². The summed E-state index contributed by atoms with van der Waals surface area (Å²) in [5.74, 6) is 2.33. The van der Waals surface area contributed by atoms with Crippen molar-refractivity contribution < 1.29 is 0 Å². The maximum Gasteiger partial charge on any atom is 0.148 e. The molecular formula is C17H14BrN3. The van der Waals surface area contributed by atoms with Crippen LogP contribution in [0.3, 0.4) is 0 Å². The largest absolute Gasteiger partial charge is 0.282 e. The number of hydrogen-bond acceptors (Lipinski definition) is 2. The summed E-state index contributed by atoms with van der Waals surface area (Å²) in [4.78, 5) is 0. The topological polar surface area (TPSA) is 30.7 Å². The fraction of sp³-hybridized carbons (Fsp3) is 0.176. The molecule has 0 spiro atoms. The summed E-state index contributed by atoms with van der Waals surface area (Å²) in [7, 11) is 0. The Balaban J connectivity index is 1.83. The van der Waals surface area contributed by atoms with Crippen LogP contribution in [0.15, 0.2) is 54.6 Å². The van der Waals surface area contributed by atoms with Gasteiger partial charge in [0.15, 0.2) is 0 Å². The maximum atomic E-state index is 4.47. The van der Waals surface area contributed by atoms with Gasteiger partial charge in [-0.25, -0.2) is 0 Å². The molecule has 1 atom stereocenters. The second-order valence-corrected chi connectivity index (χ2v) is 5.80. The first kappa shape index (κ1) is 12.8. The van der Waals surface area contributed by atoms with Crippen molar-refractivity contribution in [3.8, 4) is 5.69 Å². The van der Waals surface area contributed by atoms with Gasteiger partial charge in [-0.2, -0.15) is 0 Å². The monoisotopic (exact) mass is 339 g/mol. The lowest BCUT2D eigenvalue weighted by Crippen LogP contribution is -2.22. The van der Waals surface area contributed by atoms with E-state index in [1.807, 2.05) is 18.2 Å². The average Bonchev–Trinajstić information content (AvgIpc) is 2.93. The maximum absolute atomic E-state index is 4.47. The molecule has 2 aromatic carbocycles. The van der Waals surface area contributed by atoms with Gasteiger partial charge in [0.05, 0.1) is 5.33 Å². The Morgan fingerprint density at radius 1 is 1.00 bits per heavy atom. The first-order valence-electron chi connectivity index (χ1n) is 7.02. The third kappa shape index (κ3) is 2.02. The van der Waals surface area contributed by atoms with Crippen molar-refractivity contribution in [1.29, 1.82) is 0 Å². The second-order valence-electron chi connectivity index (χ2n) is 5.23. The predicted molar refractivity (Wildman–Crippen MR) is 86.0 cm³/mol. The Kier molecular flexibility index (Phi) is 3.11. The molecule has 4 rings (SSSR count). The normalized spacial score (nSPS) is 16.3. The van der Waals surface area contributed by atoms with Crippen LogP contribution in [-0.4, -0.2) is 14.8 Å². The van der Waals surface area contributed by atoms with Gasteiger partial charge in [0, 0.05) is 11.6 Å². The number of alkyl halides is 1. The summed E-state index contributed by atoms with van der Waals surface area (Å²) < 4.78 is 2.18. The zero-order valence-electron chi connectivity index (χ0n) is 11.4. The molecule has 4 heteroatoms. The van der Waals surface area contributed by atoms with Crippen molar-refractivity contribution in [2.45, 2.75) is 17.7 Å². The first-order valence-corrected chi connectivity index (χ1v) is 8.14. The molecule has 0 N–H and O–H groups in total. The average molecular weight is 340 g/mol. The molecule has 0 amide bonds. The van der Waals surface area contributed by atoms with Gasteiger partial charge in [0.2, 0.25) is 0 Å². The van der Waals surface area contributed by atoms with Gasteiger partial charge in [-0.15, -0.1) is 10.2 Å². The molecule has 0 bridgehead atoms. The van der Waals surface area contributed by atoms with Crippen molar-refractivity contribution in [1.82, 2.24) is 14.8 Å². The Hall–Kier alpha value is -1.94. The van der Waals surface area contributed by atoms with Crippen molar-refractivity contribution in [3.05, 3.63) is 77.4 Å². The minimum Gasteiger partial charge on any atom is -0.282 e. The highest BCUT2D eigenvalue weighted by molar-refractivity contribution is 9.08. The molecule has 1 heterocycles. The predicted octanol–water partition coefficient (Wildman–Crippen LogP) is 3.85. The van der Waals surface area contributed by atoms with Crippen LogP contribution < -0.4 is 0 Å². The Bertz CT molecular complexity index is 780. The molecule has 3 nitrogen and oxygen atoms in total. The summed E-state index contributed by atoms with van der Waals surface area (Å²) in [6.45, 7) is 0. The van der Waals surface area contributed by atoms with E-state index in [4.69, 9.17) is 0 Å². The van der Waals surface area contributed by atoms with Gasteiger partial charge < -0.3 is 0 Å². The molecule has 0 saturated carbocycles. The summed E-state index contributed by atoms with van der Waals surface area (Å²) in [6.07, 6.45) is 1.05. The van der Waals surface area contributed by atoms with Gasteiger partial charge in [-0.05, 0) is 29.7 Å². The summed E-state index contributed by atoms with van der Waals surface area (Å²) >= 11 is 3.52. The summed E-state index contributed by atoms with van der Waals surface area (Å²) in [5, 5.41) is 9.52. The van der Waals surface area contributed by atoms with Gasteiger partial charge in [-0.1, -0.05) is 58.4 Å². The summed E-state index contributed by atoms with van der Waals surface area (Å²) in [6, 6.07) is 18.9. The van der Waals surface area contributed by atoms with E-state index in [9.17, 15) is 0 Å². The van der Waals surface area contributed by atoms with Crippen molar-refractivity contribution >= 4 is 15.9 Å². The van der Waals surface area contributed by atoms with E-state index in [-0.39, 0.29) is 0 Å². The molecular weight excluding hydrogens is 326 g/mol. The van der Waals surface area contributed by atoms with Gasteiger partial charge >= 0.3 is 0 Å². The lowest BCUT2D eigenvalue weighted by molar-refractivity contribution is 0.643. The highest BCUT2D eigenvalue weighted by Crippen LogP contribution is 2.40. The van der Waals surface area contributed by atoms with Crippen molar-refractivity contribution in [3.63, 3.8) is 0 Å². The molecule has 1 aromatic heterocycles. The molecule has 1 aliphatic carbocycles. The van der Waals surface area contributed by atoms with Crippen LogP contribution in [0.2, 0.25) is 0 Å². The van der Waals surface area contributed by atoms with Gasteiger partial charge in [0.1, 0.15) is 11.6 Å². The van der Waals surface area contributed by atoms with Gasteiger partial charge in [-0.3, -0.25) is 4.57 Å². The molecule has 1 aliphatic rings. The zero-order valence-corrected chi connectivity index (χ0v) is 13.0. The van der Waals surface area contributed by atoms with Crippen LogP contribution in [-0.2, 0) is 11.8 Å².